The van der Waals surface area contributed by atoms with Gasteiger partial charge in [-0.05, 0) is 25.0 Å². The van der Waals surface area contributed by atoms with Crippen molar-refractivity contribution in [3.63, 3.8) is 0 Å². The van der Waals surface area contributed by atoms with Crippen LogP contribution < -0.4 is 10.2 Å². The van der Waals surface area contributed by atoms with E-state index in [1.54, 1.807) is 19.0 Å². The molecule has 1 N–H and O–H groups in total. The number of nitro benzene ring substituents is 1. The molecule has 1 aromatic carbocycles. The molecule has 32 heavy (non-hydrogen) atoms. The number of ether oxygens (including phenoxy) is 2. The van der Waals surface area contributed by atoms with Gasteiger partial charge in [0, 0.05) is 45.3 Å². The molecule has 0 spiro atoms. The van der Waals surface area contributed by atoms with Crippen molar-refractivity contribution in [3.05, 3.63) is 33.9 Å². The second-order valence-electron chi connectivity index (χ2n) is 8.59. The Bertz CT molecular complexity index is 832. The average Bonchev–Trinajstić information content (AvgIpc) is 2.81. The molecule has 1 aliphatic heterocycles. The molecule has 0 aromatic heterocycles. The van der Waals surface area contributed by atoms with Crippen LogP contribution in [0.5, 0.6) is 0 Å². The Morgan fingerprint density at radius 3 is 2.53 bits per heavy atom. The van der Waals surface area contributed by atoms with Crippen molar-refractivity contribution in [2.45, 2.75) is 37.6 Å². The minimum Gasteiger partial charge on any atom is -0.452 e. The largest absolute Gasteiger partial charge is 0.452 e. The van der Waals surface area contributed by atoms with Gasteiger partial charge in [0.2, 0.25) is 0 Å². The van der Waals surface area contributed by atoms with Gasteiger partial charge in [-0.15, -0.1) is 0 Å². The van der Waals surface area contributed by atoms with E-state index in [2.05, 4.69) is 10.2 Å². The molecular weight excluding hydrogens is 416 g/mol. The standard InChI is InChI=1S/C22H32N4O6/c1-24(2)18-7-6-17(14-19(18)26(29)30)21(28)32-15-20(27)23-16-22(8-4-3-5-9-22)25-10-12-31-13-11-25/h6-7,14H,3-5,8-13,15-16H2,1-2H3,(H,23,27). The van der Waals surface area contributed by atoms with E-state index in [0.29, 0.717) is 25.4 Å². The van der Waals surface area contributed by atoms with Crippen LogP contribution in [0.4, 0.5) is 11.4 Å². The summed E-state index contributed by atoms with van der Waals surface area (Å²) in [4.78, 5) is 39.6. The van der Waals surface area contributed by atoms with E-state index in [1.807, 2.05) is 0 Å². The van der Waals surface area contributed by atoms with Crippen molar-refractivity contribution in [3.8, 4) is 0 Å². The third-order valence-electron chi connectivity index (χ3n) is 6.30. The van der Waals surface area contributed by atoms with Gasteiger partial charge in [0.25, 0.3) is 11.6 Å². The van der Waals surface area contributed by atoms with Gasteiger partial charge < -0.3 is 19.7 Å². The number of nitro groups is 1. The summed E-state index contributed by atoms with van der Waals surface area (Å²) in [7, 11) is 3.36. The minimum atomic E-state index is -0.769. The number of amides is 1. The first-order chi connectivity index (χ1) is 15.3. The monoisotopic (exact) mass is 448 g/mol. The summed E-state index contributed by atoms with van der Waals surface area (Å²) in [6.45, 7) is 3.19. The summed E-state index contributed by atoms with van der Waals surface area (Å²) in [5.74, 6) is -1.15. The second-order valence-corrected chi connectivity index (χ2v) is 8.59. The van der Waals surface area contributed by atoms with Crippen LogP contribution in [0, 0.1) is 10.1 Å². The first kappa shape index (κ1) is 23.9. The van der Waals surface area contributed by atoms with Gasteiger partial charge in [0.1, 0.15) is 5.69 Å². The molecule has 2 fully saturated rings. The number of esters is 1. The summed E-state index contributed by atoms with van der Waals surface area (Å²) in [5.41, 5.74) is 0.139. The van der Waals surface area contributed by atoms with Gasteiger partial charge in [-0.3, -0.25) is 19.8 Å². The number of benzene rings is 1. The SMILES string of the molecule is CN(C)c1ccc(C(=O)OCC(=O)NCC2(N3CCOCC3)CCCCC2)cc1[N+](=O)[O-]. The molecule has 1 aromatic rings. The highest BCUT2D eigenvalue weighted by molar-refractivity contribution is 5.93. The van der Waals surface area contributed by atoms with E-state index >= 15 is 0 Å². The van der Waals surface area contributed by atoms with Gasteiger partial charge in [0.15, 0.2) is 6.61 Å². The van der Waals surface area contributed by atoms with E-state index in [-0.39, 0.29) is 22.7 Å². The molecule has 3 rings (SSSR count). The number of nitrogens with zero attached hydrogens (tertiary/aromatic N) is 3. The van der Waals surface area contributed by atoms with Crippen molar-refractivity contribution in [2.75, 3.05) is 58.5 Å². The molecule has 1 amide bonds. The highest BCUT2D eigenvalue weighted by Crippen LogP contribution is 2.34. The molecule has 10 nitrogen and oxygen atoms in total. The van der Waals surface area contributed by atoms with Crippen molar-refractivity contribution in [2.24, 2.45) is 0 Å². The predicted molar refractivity (Wildman–Crippen MR) is 119 cm³/mol. The molecule has 176 valence electrons. The van der Waals surface area contributed by atoms with Gasteiger partial charge in [-0.25, -0.2) is 4.79 Å². The molecule has 2 aliphatic rings. The molecule has 1 heterocycles. The van der Waals surface area contributed by atoms with Crippen LogP contribution in [0.25, 0.3) is 0 Å². The third kappa shape index (κ3) is 5.74. The molecule has 0 unspecified atom stereocenters. The second kappa shape index (κ2) is 10.7. The first-order valence-electron chi connectivity index (χ1n) is 11.0. The van der Waals surface area contributed by atoms with E-state index < -0.39 is 17.5 Å². The smallest absolute Gasteiger partial charge is 0.338 e. The number of rotatable bonds is 8. The zero-order valence-corrected chi connectivity index (χ0v) is 18.8. The number of carbonyl (C=O) groups is 2. The van der Waals surface area contributed by atoms with Crippen LogP contribution >= 0.6 is 0 Å². The van der Waals surface area contributed by atoms with Gasteiger partial charge in [0.05, 0.1) is 23.7 Å². The van der Waals surface area contributed by atoms with Crippen LogP contribution in [-0.4, -0.2) is 80.8 Å². The number of carbonyl (C=O) groups excluding carboxylic acids is 2. The molecule has 1 saturated carbocycles. The lowest BCUT2D eigenvalue weighted by Gasteiger charge is -2.48. The van der Waals surface area contributed by atoms with Crippen LogP contribution in [-0.2, 0) is 14.3 Å². The minimum absolute atomic E-state index is 0.0344. The fourth-order valence-electron chi connectivity index (χ4n) is 4.56. The Hall–Kier alpha value is -2.72. The highest BCUT2D eigenvalue weighted by atomic mass is 16.6. The molecule has 1 saturated heterocycles. The predicted octanol–water partition coefficient (Wildman–Crippen LogP) is 1.97. The van der Waals surface area contributed by atoms with Crippen molar-refractivity contribution < 1.29 is 24.0 Å². The molecular formula is C22H32N4O6. The summed E-state index contributed by atoms with van der Waals surface area (Å²) < 4.78 is 10.6. The van der Waals surface area contributed by atoms with Crippen molar-refractivity contribution in [1.29, 1.82) is 0 Å². The molecule has 0 atom stereocenters. The average molecular weight is 449 g/mol. The lowest BCUT2D eigenvalue weighted by molar-refractivity contribution is -0.384. The maximum absolute atomic E-state index is 12.4. The van der Waals surface area contributed by atoms with Crippen molar-refractivity contribution >= 4 is 23.3 Å². The van der Waals surface area contributed by atoms with E-state index in [0.717, 1.165) is 38.8 Å². The summed E-state index contributed by atoms with van der Waals surface area (Å²) >= 11 is 0. The number of hydrogen-bond acceptors (Lipinski definition) is 8. The van der Waals surface area contributed by atoms with E-state index in [9.17, 15) is 19.7 Å². The molecule has 0 radical (unpaired) electrons. The summed E-state index contributed by atoms with van der Waals surface area (Å²) in [6.07, 6.45) is 5.51. The Balaban J connectivity index is 1.56. The highest BCUT2D eigenvalue weighted by Gasteiger charge is 2.38. The number of nitrogens with one attached hydrogen (secondary N) is 1. The van der Waals surface area contributed by atoms with Crippen LogP contribution in [0.15, 0.2) is 18.2 Å². The topological polar surface area (TPSA) is 114 Å². The van der Waals surface area contributed by atoms with Crippen LogP contribution in [0.3, 0.4) is 0 Å². The summed E-state index contributed by atoms with van der Waals surface area (Å²) in [6, 6.07) is 4.12. The third-order valence-corrected chi connectivity index (χ3v) is 6.30. The zero-order valence-electron chi connectivity index (χ0n) is 18.8. The molecule has 1 aliphatic carbocycles. The van der Waals surface area contributed by atoms with E-state index in [4.69, 9.17) is 9.47 Å². The first-order valence-corrected chi connectivity index (χ1v) is 11.0. The van der Waals surface area contributed by atoms with Crippen LogP contribution in [0.2, 0.25) is 0 Å². The maximum Gasteiger partial charge on any atom is 0.338 e. The lowest BCUT2D eigenvalue weighted by Crippen LogP contribution is -2.59. The Kier molecular flexibility index (Phi) is 8.03. The van der Waals surface area contributed by atoms with Gasteiger partial charge in [-0.1, -0.05) is 19.3 Å². The van der Waals surface area contributed by atoms with Crippen LogP contribution in [0.1, 0.15) is 42.5 Å². The summed E-state index contributed by atoms with van der Waals surface area (Å²) in [5, 5.41) is 14.3. The quantitative estimate of drug-likeness (QED) is 0.365. The number of morpholine rings is 1. The number of hydrogen-bond donors (Lipinski definition) is 1. The molecule has 10 heteroatoms. The fraction of sp³-hybridized carbons (Fsp3) is 0.636. The number of anilines is 1. The Morgan fingerprint density at radius 1 is 1.22 bits per heavy atom. The lowest BCUT2D eigenvalue weighted by atomic mass is 9.79. The Morgan fingerprint density at radius 2 is 1.91 bits per heavy atom. The van der Waals surface area contributed by atoms with Gasteiger partial charge >= 0.3 is 5.97 Å². The zero-order chi connectivity index (χ0) is 23.1. The maximum atomic E-state index is 12.4. The molecule has 0 bridgehead atoms. The van der Waals surface area contributed by atoms with Crippen molar-refractivity contribution in [1.82, 2.24) is 10.2 Å². The fourth-order valence-corrected chi connectivity index (χ4v) is 4.56. The van der Waals surface area contributed by atoms with Gasteiger partial charge in [-0.2, -0.15) is 0 Å². The Labute approximate surface area is 188 Å². The van der Waals surface area contributed by atoms with E-state index in [1.165, 1.54) is 24.6 Å². The normalized spacial score (nSPS) is 18.6.